The highest BCUT2D eigenvalue weighted by atomic mass is 19.1. The Morgan fingerprint density at radius 1 is 1.14 bits per heavy atom. The molecule has 1 aliphatic heterocycles. The summed E-state index contributed by atoms with van der Waals surface area (Å²) in [5.74, 6) is 0.346. The van der Waals surface area contributed by atoms with Crippen LogP contribution in [0.5, 0.6) is 0 Å². The number of piperazine rings is 1. The van der Waals surface area contributed by atoms with Crippen molar-refractivity contribution in [2.24, 2.45) is 7.05 Å². The van der Waals surface area contributed by atoms with Crippen LogP contribution in [0.1, 0.15) is 46.4 Å². The van der Waals surface area contributed by atoms with Crippen molar-refractivity contribution in [1.82, 2.24) is 29.5 Å². The van der Waals surface area contributed by atoms with Crippen LogP contribution in [0.15, 0.2) is 36.7 Å². The van der Waals surface area contributed by atoms with Gasteiger partial charge in [-0.3, -0.25) is 14.4 Å². The second-order valence-corrected chi connectivity index (χ2v) is 10.00. The average molecular weight is 489 g/mol. The number of rotatable bonds is 7. The van der Waals surface area contributed by atoms with E-state index < -0.39 is 5.82 Å². The van der Waals surface area contributed by atoms with E-state index in [1.165, 1.54) is 6.20 Å². The number of carbonyl (C=O) groups excluding carboxylic acids is 1. The lowest BCUT2D eigenvalue weighted by Gasteiger charge is -2.35. The summed E-state index contributed by atoms with van der Waals surface area (Å²) in [7, 11) is 3.99. The van der Waals surface area contributed by atoms with E-state index in [1.54, 1.807) is 4.68 Å². The van der Waals surface area contributed by atoms with Gasteiger partial charge in [0.2, 0.25) is 0 Å². The number of carbonyl (C=O) groups is 1. The van der Waals surface area contributed by atoms with Gasteiger partial charge in [0.15, 0.2) is 11.6 Å². The molecule has 1 aromatic carbocycles. The van der Waals surface area contributed by atoms with Gasteiger partial charge in [-0.1, -0.05) is 24.3 Å². The topological polar surface area (TPSA) is 67.2 Å². The summed E-state index contributed by atoms with van der Waals surface area (Å²) < 4.78 is 16.7. The van der Waals surface area contributed by atoms with Gasteiger partial charge in [-0.2, -0.15) is 5.10 Å². The molecule has 1 atom stereocenters. The first-order chi connectivity index (χ1) is 17.3. The second-order valence-electron chi connectivity index (χ2n) is 10.00. The number of Topliss-reactive ketones (excluding diaryl/α,β-unsaturated/α-hetero) is 1. The zero-order valence-corrected chi connectivity index (χ0v) is 21.5. The molecule has 2 aromatic heterocycles. The summed E-state index contributed by atoms with van der Waals surface area (Å²) in [6, 6.07) is 5.87. The fourth-order valence-corrected chi connectivity index (χ4v) is 5.25. The van der Waals surface area contributed by atoms with Crippen LogP contribution in [0, 0.1) is 12.7 Å². The number of aryl methyl sites for hydroxylation is 2. The Bertz CT molecular complexity index is 1320. The molecule has 0 amide bonds. The number of fused-ring (bicyclic) bond motifs is 1. The quantitative estimate of drug-likeness (QED) is 0.510. The van der Waals surface area contributed by atoms with E-state index in [-0.39, 0.29) is 11.8 Å². The molecule has 0 radical (unpaired) electrons. The standard InChI is InChI=1S/C28H33FN6O/c1-18-21(17-34(4)32-18)15-27-30-16-25(29)28(31-27)24-9-8-22-20(6-5-7-23(22)24)14-26(36)19(2)35-12-10-33(3)11-13-35/h5-7,9,16-17,19H,8,10-15H2,1-4H3/t19-/m1/s1. The van der Waals surface area contributed by atoms with Crippen LogP contribution in [-0.4, -0.2) is 74.6 Å². The molecule has 0 N–H and O–H groups in total. The number of nitrogens with zero attached hydrogens (tertiary/aromatic N) is 6. The largest absolute Gasteiger partial charge is 0.304 e. The Morgan fingerprint density at radius 2 is 1.92 bits per heavy atom. The average Bonchev–Trinajstić information content (AvgIpc) is 3.43. The first-order valence-electron chi connectivity index (χ1n) is 12.6. The molecule has 7 nitrogen and oxygen atoms in total. The van der Waals surface area contributed by atoms with E-state index in [1.807, 2.05) is 51.4 Å². The molecule has 8 heteroatoms. The lowest BCUT2D eigenvalue weighted by Crippen LogP contribution is -2.50. The van der Waals surface area contributed by atoms with E-state index in [9.17, 15) is 9.18 Å². The smallest absolute Gasteiger partial charge is 0.167 e. The third-order valence-corrected chi connectivity index (χ3v) is 7.50. The van der Waals surface area contributed by atoms with Crippen LogP contribution < -0.4 is 0 Å². The predicted molar refractivity (Wildman–Crippen MR) is 137 cm³/mol. The highest BCUT2D eigenvalue weighted by Crippen LogP contribution is 2.35. The van der Waals surface area contributed by atoms with Crippen LogP contribution in [0.25, 0.3) is 5.57 Å². The third-order valence-electron chi connectivity index (χ3n) is 7.50. The first kappa shape index (κ1) is 24.5. The zero-order chi connectivity index (χ0) is 25.4. The van der Waals surface area contributed by atoms with E-state index >= 15 is 0 Å². The maximum atomic E-state index is 14.9. The number of likely N-dealkylation sites (N-methyl/N-ethyl adjacent to an activating group) is 1. The molecular formula is C28H33FN6O. The van der Waals surface area contributed by atoms with Crippen LogP contribution in [0.4, 0.5) is 4.39 Å². The summed E-state index contributed by atoms with van der Waals surface area (Å²) in [4.78, 5) is 26.6. The number of halogens is 1. The van der Waals surface area contributed by atoms with Gasteiger partial charge >= 0.3 is 0 Å². The van der Waals surface area contributed by atoms with Crippen molar-refractivity contribution in [2.45, 2.75) is 39.2 Å². The fraction of sp³-hybridized carbons (Fsp3) is 0.429. The van der Waals surface area contributed by atoms with Crippen LogP contribution in [-0.2, 0) is 31.1 Å². The molecular weight excluding hydrogens is 455 g/mol. The summed E-state index contributed by atoms with van der Waals surface area (Å²) in [6.45, 7) is 7.76. The Kier molecular flexibility index (Phi) is 6.81. The van der Waals surface area contributed by atoms with E-state index in [2.05, 4.69) is 31.9 Å². The van der Waals surface area contributed by atoms with Gasteiger partial charge in [-0.25, -0.2) is 14.4 Å². The minimum absolute atomic E-state index is 0.110. The maximum absolute atomic E-state index is 14.9. The Hall–Kier alpha value is -3.23. The van der Waals surface area contributed by atoms with Crippen molar-refractivity contribution in [3.8, 4) is 0 Å². The van der Waals surface area contributed by atoms with Crippen molar-refractivity contribution in [1.29, 1.82) is 0 Å². The minimum atomic E-state index is -0.439. The summed E-state index contributed by atoms with van der Waals surface area (Å²) in [5, 5.41) is 4.38. The summed E-state index contributed by atoms with van der Waals surface area (Å²) in [5.41, 5.74) is 6.09. The summed E-state index contributed by atoms with van der Waals surface area (Å²) in [6.07, 6.45) is 6.76. The third kappa shape index (κ3) is 4.88. The van der Waals surface area contributed by atoms with Gasteiger partial charge in [0.1, 0.15) is 11.5 Å². The van der Waals surface area contributed by atoms with E-state index in [4.69, 9.17) is 0 Å². The van der Waals surface area contributed by atoms with Crippen LogP contribution in [0.3, 0.4) is 0 Å². The molecule has 0 unspecified atom stereocenters. The molecule has 1 aliphatic carbocycles. The number of allylic oxidation sites excluding steroid dienone is 1. The van der Waals surface area contributed by atoms with Gasteiger partial charge < -0.3 is 4.90 Å². The minimum Gasteiger partial charge on any atom is -0.304 e. The number of hydrogen-bond acceptors (Lipinski definition) is 6. The molecule has 5 rings (SSSR count). The number of aromatic nitrogens is 4. The SMILES string of the molecule is Cc1nn(C)cc1Cc1ncc(F)c(C2=CCc3c(CC(=O)[C@@H](C)N4CCN(C)CC4)cccc32)n1. The lowest BCUT2D eigenvalue weighted by molar-refractivity contribution is -0.123. The molecule has 3 aromatic rings. The van der Waals surface area contributed by atoms with Crippen molar-refractivity contribution in [2.75, 3.05) is 33.2 Å². The number of hydrogen-bond donors (Lipinski definition) is 0. The molecule has 0 bridgehead atoms. The Balaban J connectivity index is 1.36. The Morgan fingerprint density at radius 3 is 2.64 bits per heavy atom. The molecule has 0 spiro atoms. The molecule has 3 heterocycles. The van der Waals surface area contributed by atoms with Gasteiger partial charge in [0.25, 0.3) is 0 Å². The van der Waals surface area contributed by atoms with E-state index in [0.29, 0.717) is 30.8 Å². The normalized spacial score (nSPS) is 17.2. The zero-order valence-electron chi connectivity index (χ0n) is 21.5. The molecule has 2 aliphatic rings. The molecule has 1 fully saturated rings. The molecule has 36 heavy (non-hydrogen) atoms. The number of benzene rings is 1. The predicted octanol–water partition coefficient (Wildman–Crippen LogP) is 2.98. The highest BCUT2D eigenvalue weighted by molar-refractivity contribution is 5.88. The lowest BCUT2D eigenvalue weighted by atomic mass is 9.94. The van der Waals surface area contributed by atoms with Crippen LogP contribution >= 0.6 is 0 Å². The monoisotopic (exact) mass is 488 g/mol. The van der Waals surface area contributed by atoms with Crippen LogP contribution in [0.2, 0.25) is 0 Å². The van der Waals surface area contributed by atoms with Crippen molar-refractivity contribution in [3.63, 3.8) is 0 Å². The maximum Gasteiger partial charge on any atom is 0.167 e. The van der Waals surface area contributed by atoms with Gasteiger partial charge in [-0.15, -0.1) is 0 Å². The molecule has 0 saturated carbocycles. The van der Waals surface area contributed by atoms with Crippen molar-refractivity contribution >= 4 is 11.4 Å². The highest BCUT2D eigenvalue weighted by Gasteiger charge is 2.27. The van der Waals surface area contributed by atoms with Gasteiger partial charge in [0, 0.05) is 63.4 Å². The fourth-order valence-electron chi connectivity index (χ4n) is 5.25. The van der Waals surface area contributed by atoms with Gasteiger partial charge in [0.05, 0.1) is 17.9 Å². The van der Waals surface area contributed by atoms with Gasteiger partial charge in [-0.05, 0) is 44.0 Å². The summed E-state index contributed by atoms with van der Waals surface area (Å²) >= 11 is 0. The van der Waals surface area contributed by atoms with E-state index in [0.717, 1.165) is 59.7 Å². The Labute approximate surface area is 211 Å². The van der Waals surface area contributed by atoms with Crippen molar-refractivity contribution < 1.29 is 9.18 Å². The first-order valence-corrected chi connectivity index (χ1v) is 12.6. The second kappa shape index (κ2) is 10.0. The molecule has 1 saturated heterocycles. The number of ketones is 1. The van der Waals surface area contributed by atoms with Crippen molar-refractivity contribution in [3.05, 3.63) is 82.0 Å². The molecule has 188 valence electrons.